The van der Waals surface area contributed by atoms with E-state index in [9.17, 15) is 4.79 Å². The number of carbonyl (C=O) groups excluding carboxylic acids is 1. The van der Waals surface area contributed by atoms with E-state index in [1.807, 2.05) is 0 Å². The van der Waals surface area contributed by atoms with Crippen LogP contribution in [0.25, 0.3) is 0 Å². The second kappa shape index (κ2) is 4.20. The van der Waals surface area contributed by atoms with E-state index in [4.69, 9.17) is 10.3 Å². The molecule has 0 amide bonds. The molecule has 0 aromatic heterocycles. The zero-order valence-corrected chi connectivity index (χ0v) is 5.78. The van der Waals surface area contributed by atoms with Crippen LogP contribution in [0.1, 0.15) is 0 Å². The first kappa shape index (κ1) is 8.29. The van der Waals surface area contributed by atoms with Gasteiger partial charge in [0.1, 0.15) is 0 Å². The molecule has 1 atom stereocenters. The average molecular weight is 153 g/mol. The summed E-state index contributed by atoms with van der Waals surface area (Å²) in [4.78, 5) is 10.3. The molecule has 0 aliphatic rings. The number of thiol groups is 1. The number of rotatable bonds is 2. The van der Waals surface area contributed by atoms with Gasteiger partial charge in [-0.2, -0.15) is 12.6 Å². The number of hydrogen-bond donors (Lipinski definition) is 3. The van der Waals surface area contributed by atoms with Crippen LogP contribution in [0.5, 0.6) is 0 Å². The van der Waals surface area contributed by atoms with Crippen molar-refractivity contribution in [3.63, 3.8) is 0 Å². The summed E-state index contributed by atoms with van der Waals surface area (Å²) in [6, 6.07) is -0.645. The van der Waals surface area contributed by atoms with Gasteiger partial charge in [-0.1, -0.05) is 0 Å². The highest BCUT2D eigenvalue weighted by Gasteiger charge is 2.09. The van der Waals surface area contributed by atoms with Crippen LogP contribution < -0.4 is 5.73 Å². The van der Waals surface area contributed by atoms with Crippen LogP contribution in [-0.2, 0) is 4.79 Å². The van der Waals surface area contributed by atoms with E-state index in [-0.39, 0.29) is 17.8 Å². The van der Waals surface area contributed by atoms with E-state index in [1.54, 1.807) is 0 Å². The van der Waals surface area contributed by atoms with E-state index in [0.717, 1.165) is 0 Å². The predicted molar refractivity (Wildman–Crippen MR) is 37.1 cm³/mol. The van der Waals surface area contributed by atoms with E-state index < -0.39 is 11.2 Å². The first-order valence-corrected chi connectivity index (χ1v) is 3.34. The Hall–Kier alpha value is 0.290. The third-order valence-corrected chi connectivity index (χ3v) is 1.47. The Bertz CT molecular complexity index is 87.4. The minimum atomic E-state index is -0.645. The summed E-state index contributed by atoms with van der Waals surface area (Å²) in [6.45, 7) is 0. The van der Waals surface area contributed by atoms with Gasteiger partial charge in [-0.05, 0) is 0 Å². The lowest BCUT2D eigenvalue weighted by molar-refractivity contribution is -0.112. The van der Waals surface area contributed by atoms with Crippen molar-refractivity contribution in [1.82, 2.24) is 0 Å². The van der Waals surface area contributed by atoms with Crippen molar-refractivity contribution >= 4 is 29.8 Å². The van der Waals surface area contributed by atoms with E-state index in [1.165, 1.54) is 0 Å². The first-order chi connectivity index (χ1) is 3.72. The van der Waals surface area contributed by atoms with Crippen LogP contribution in [-0.4, -0.2) is 21.5 Å². The molecule has 3 nitrogen and oxygen atoms in total. The van der Waals surface area contributed by atoms with Crippen molar-refractivity contribution < 1.29 is 9.35 Å². The van der Waals surface area contributed by atoms with E-state index in [0.29, 0.717) is 0 Å². The lowest BCUT2D eigenvalue weighted by Crippen LogP contribution is -2.29. The molecule has 0 aliphatic carbocycles. The number of hydrogen-bond acceptors (Lipinski definition) is 5. The van der Waals surface area contributed by atoms with Gasteiger partial charge in [0.05, 0.1) is 18.1 Å². The molecule has 48 valence electrons. The topological polar surface area (TPSA) is 63.3 Å². The standard InChI is InChI=1S/C3H7NO2S2/c4-2(1-7)3(5)8-6/h2,6-7H,1,4H2. The summed E-state index contributed by atoms with van der Waals surface area (Å²) in [6.07, 6.45) is 0. The van der Waals surface area contributed by atoms with E-state index >= 15 is 0 Å². The molecule has 0 aliphatic heterocycles. The molecule has 0 spiro atoms. The maximum Gasteiger partial charge on any atom is 0.232 e. The number of nitrogens with two attached hydrogens (primary N) is 1. The zero-order valence-electron chi connectivity index (χ0n) is 4.07. The van der Waals surface area contributed by atoms with Crippen molar-refractivity contribution in [1.29, 1.82) is 0 Å². The van der Waals surface area contributed by atoms with Gasteiger partial charge in [-0.15, -0.1) is 0 Å². The Kier molecular flexibility index (Phi) is 4.35. The molecule has 8 heavy (non-hydrogen) atoms. The molecule has 0 fully saturated rings. The third-order valence-electron chi connectivity index (χ3n) is 0.589. The van der Waals surface area contributed by atoms with Crippen LogP contribution in [0.15, 0.2) is 0 Å². The fraction of sp³-hybridized carbons (Fsp3) is 0.667. The molecule has 0 radical (unpaired) electrons. The Balaban J connectivity index is 3.46. The van der Waals surface area contributed by atoms with Crippen LogP contribution in [0, 0.1) is 0 Å². The summed E-state index contributed by atoms with van der Waals surface area (Å²) in [5.41, 5.74) is 5.12. The minimum Gasteiger partial charge on any atom is -0.323 e. The summed E-state index contributed by atoms with van der Waals surface area (Å²) in [5.74, 6) is 0.270. The molecule has 0 saturated carbocycles. The fourth-order valence-corrected chi connectivity index (χ4v) is 0.650. The predicted octanol–water partition coefficient (Wildman–Crippen LogP) is -0.0237. The molecular formula is C3H7NO2S2. The van der Waals surface area contributed by atoms with Crippen molar-refractivity contribution in [3.05, 3.63) is 0 Å². The SMILES string of the molecule is NC(CS)C(=O)SO. The lowest BCUT2D eigenvalue weighted by Gasteiger charge is -1.99. The molecule has 0 saturated heterocycles. The minimum absolute atomic E-state index is 0.145. The highest BCUT2D eigenvalue weighted by atomic mass is 32.2. The highest BCUT2D eigenvalue weighted by molar-refractivity contribution is 8.09. The number of carbonyl (C=O) groups is 1. The normalized spacial score (nSPS) is 13.4. The van der Waals surface area contributed by atoms with Gasteiger partial charge < -0.3 is 10.3 Å². The van der Waals surface area contributed by atoms with Crippen molar-refractivity contribution in [2.24, 2.45) is 5.73 Å². The third kappa shape index (κ3) is 2.56. The second-order valence-corrected chi connectivity index (χ2v) is 2.15. The molecule has 3 N–H and O–H groups in total. The van der Waals surface area contributed by atoms with E-state index in [2.05, 4.69) is 12.6 Å². The van der Waals surface area contributed by atoms with Gasteiger partial charge in [-0.3, -0.25) is 4.79 Å². The molecule has 0 rings (SSSR count). The quantitative estimate of drug-likeness (QED) is 0.385. The monoisotopic (exact) mass is 153 g/mol. The maximum absolute atomic E-state index is 10.3. The van der Waals surface area contributed by atoms with Crippen molar-refractivity contribution in [2.45, 2.75) is 6.04 Å². The molecular weight excluding hydrogens is 146 g/mol. The van der Waals surface area contributed by atoms with Crippen LogP contribution in [0.4, 0.5) is 0 Å². The van der Waals surface area contributed by atoms with Gasteiger partial charge in [0.2, 0.25) is 5.12 Å². The van der Waals surface area contributed by atoms with Gasteiger partial charge >= 0.3 is 0 Å². The Morgan fingerprint density at radius 1 is 2.00 bits per heavy atom. The fourth-order valence-electron chi connectivity index (χ4n) is 0.142. The largest absolute Gasteiger partial charge is 0.323 e. The first-order valence-electron chi connectivity index (χ1n) is 1.94. The zero-order chi connectivity index (χ0) is 6.57. The van der Waals surface area contributed by atoms with Crippen molar-refractivity contribution in [2.75, 3.05) is 5.75 Å². The Labute approximate surface area is 57.3 Å². The van der Waals surface area contributed by atoms with Crippen LogP contribution in [0.2, 0.25) is 0 Å². The highest BCUT2D eigenvalue weighted by Crippen LogP contribution is 1.98. The van der Waals surface area contributed by atoms with Gasteiger partial charge in [0, 0.05) is 5.75 Å². The van der Waals surface area contributed by atoms with Gasteiger partial charge in [0.25, 0.3) is 0 Å². The van der Waals surface area contributed by atoms with Gasteiger partial charge in [0.15, 0.2) is 0 Å². The van der Waals surface area contributed by atoms with Crippen LogP contribution in [0.3, 0.4) is 0 Å². The second-order valence-electron chi connectivity index (χ2n) is 1.20. The molecule has 5 heteroatoms. The lowest BCUT2D eigenvalue weighted by atomic mass is 10.4. The summed E-state index contributed by atoms with van der Waals surface area (Å²) in [5, 5.41) is -0.444. The molecule has 0 aromatic carbocycles. The molecule has 0 heterocycles. The van der Waals surface area contributed by atoms with Crippen molar-refractivity contribution in [3.8, 4) is 0 Å². The molecule has 1 unspecified atom stereocenters. The Morgan fingerprint density at radius 2 is 2.50 bits per heavy atom. The summed E-state index contributed by atoms with van der Waals surface area (Å²) >= 11 is 3.88. The maximum atomic E-state index is 10.3. The summed E-state index contributed by atoms with van der Waals surface area (Å²) < 4.78 is 8.09. The smallest absolute Gasteiger partial charge is 0.232 e. The molecule has 0 bridgehead atoms. The van der Waals surface area contributed by atoms with Crippen LogP contribution >= 0.6 is 24.7 Å². The molecule has 0 aromatic rings. The van der Waals surface area contributed by atoms with Gasteiger partial charge in [-0.25, -0.2) is 0 Å². The average Bonchev–Trinajstić information content (AvgIpc) is 1.84. The summed E-state index contributed by atoms with van der Waals surface area (Å²) in [7, 11) is 0. The Morgan fingerprint density at radius 3 is 2.62 bits per heavy atom.